The Labute approximate surface area is 116 Å². The van der Waals surface area contributed by atoms with Gasteiger partial charge in [0.25, 0.3) is 5.91 Å². The first-order valence-electron chi connectivity index (χ1n) is 6.52. The smallest absolute Gasteiger partial charge is 0.266 e. The Morgan fingerprint density at radius 3 is 3.11 bits per heavy atom. The number of hydrogen-bond acceptors (Lipinski definition) is 5. The van der Waals surface area contributed by atoms with E-state index in [4.69, 9.17) is 9.47 Å². The molecule has 2 saturated heterocycles. The maximum Gasteiger partial charge on any atom is 0.266 e. The molecule has 104 valence electrons. The average Bonchev–Trinajstić information content (AvgIpc) is 3.11. The molecule has 3 rings (SSSR count). The lowest BCUT2D eigenvalue weighted by atomic mass is 9.96. The van der Waals surface area contributed by atoms with Crippen LogP contribution >= 0.6 is 11.3 Å². The molecule has 6 heteroatoms. The second-order valence-electron chi connectivity index (χ2n) is 5.19. The molecule has 3 heterocycles. The highest BCUT2D eigenvalue weighted by molar-refractivity contribution is 7.11. The zero-order chi connectivity index (χ0) is 13.5. The monoisotopic (exact) mass is 282 g/mol. The fraction of sp³-hybridized carbons (Fsp3) is 0.692. The Balaban J connectivity index is 1.81. The Morgan fingerprint density at radius 1 is 1.68 bits per heavy atom. The van der Waals surface area contributed by atoms with Crippen LogP contribution in [0.2, 0.25) is 0 Å². The standard InChI is InChI=1S/C13H18N2O3S/c1-9-11(19-8-14-9)12(16)15-6-10(17-2)13(7-15)4-3-5-18-13/h8,10H,3-7H2,1-2H3/t10-,13-/m0/s1. The third kappa shape index (κ3) is 2.07. The van der Waals surface area contributed by atoms with E-state index in [2.05, 4.69) is 4.98 Å². The van der Waals surface area contributed by atoms with Gasteiger partial charge in [0.1, 0.15) is 16.6 Å². The summed E-state index contributed by atoms with van der Waals surface area (Å²) in [5.41, 5.74) is 2.23. The third-order valence-corrected chi connectivity index (χ3v) is 4.99. The van der Waals surface area contributed by atoms with Crippen LogP contribution in [-0.2, 0) is 9.47 Å². The molecule has 0 unspecified atom stereocenters. The molecule has 2 fully saturated rings. The van der Waals surface area contributed by atoms with Gasteiger partial charge in [-0.25, -0.2) is 4.98 Å². The number of amides is 1. The van der Waals surface area contributed by atoms with E-state index in [1.54, 1.807) is 12.6 Å². The van der Waals surface area contributed by atoms with Crippen LogP contribution in [0.15, 0.2) is 5.51 Å². The molecule has 1 aromatic rings. The molecule has 0 aromatic carbocycles. The van der Waals surface area contributed by atoms with Crippen molar-refractivity contribution in [2.45, 2.75) is 31.5 Å². The van der Waals surface area contributed by atoms with Gasteiger partial charge in [-0.3, -0.25) is 4.79 Å². The van der Waals surface area contributed by atoms with E-state index in [-0.39, 0.29) is 17.6 Å². The highest BCUT2D eigenvalue weighted by atomic mass is 32.1. The van der Waals surface area contributed by atoms with Crippen LogP contribution in [0.3, 0.4) is 0 Å². The van der Waals surface area contributed by atoms with E-state index in [1.807, 2.05) is 11.8 Å². The molecule has 19 heavy (non-hydrogen) atoms. The largest absolute Gasteiger partial charge is 0.377 e. The number of ether oxygens (including phenoxy) is 2. The molecule has 5 nitrogen and oxygen atoms in total. The predicted octanol–water partition coefficient (Wildman–Crippen LogP) is 1.47. The number of carbonyl (C=O) groups is 1. The first-order chi connectivity index (χ1) is 9.16. The number of methoxy groups -OCH3 is 1. The number of nitrogens with zero attached hydrogens (tertiary/aromatic N) is 2. The molecule has 2 atom stereocenters. The normalized spacial score (nSPS) is 30.4. The SMILES string of the molecule is CO[C@H]1CN(C(=O)c2scnc2C)C[C@@]12CCCO2. The van der Waals surface area contributed by atoms with Crippen molar-refractivity contribution < 1.29 is 14.3 Å². The van der Waals surface area contributed by atoms with Gasteiger partial charge in [-0.05, 0) is 19.8 Å². The second-order valence-corrected chi connectivity index (χ2v) is 6.05. The van der Waals surface area contributed by atoms with E-state index in [1.165, 1.54) is 11.3 Å². The predicted molar refractivity (Wildman–Crippen MR) is 71.5 cm³/mol. The molecular weight excluding hydrogens is 264 g/mol. The highest BCUT2D eigenvalue weighted by Gasteiger charge is 2.51. The minimum Gasteiger partial charge on any atom is -0.377 e. The summed E-state index contributed by atoms with van der Waals surface area (Å²) in [5.74, 6) is 0.0504. The molecule has 0 N–H and O–H groups in total. The number of rotatable bonds is 2. The van der Waals surface area contributed by atoms with E-state index < -0.39 is 0 Å². The maximum absolute atomic E-state index is 12.5. The number of aromatic nitrogens is 1. The minimum absolute atomic E-state index is 0.0211. The van der Waals surface area contributed by atoms with Gasteiger partial charge in [-0.2, -0.15) is 0 Å². The van der Waals surface area contributed by atoms with E-state index in [9.17, 15) is 4.79 Å². The lowest BCUT2D eigenvalue weighted by Gasteiger charge is -2.27. The summed E-state index contributed by atoms with van der Waals surface area (Å²) < 4.78 is 11.4. The van der Waals surface area contributed by atoms with E-state index in [0.29, 0.717) is 13.1 Å². The summed E-state index contributed by atoms with van der Waals surface area (Å²) in [6.07, 6.45) is 1.99. The quantitative estimate of drug-likeness (QED) is 0.824. The number of carbonyl (C=O) groups excluding carboxylic acids is 1. The van der Waals surface area contributed by atoms with Crippen LogP contribution in [0.25, 0.3) is 0 Å². The topological polar surface area (TPSA) is 51.7 Å². The van der Waals surface area contributed by atoms with Gasteiger partial charge < -0.3 is 14.4 Å². The van der Waals surface area contributed by atoms with Crippen molar-refractivity contribution in [3.05, 3.63) is 16.1 Å². The Kier molecular flexibility index (Phi) is 3.32. The maximum atomic E-state index is 12.5. The Hall–Kier alpha value is -0.980. The molecule has 2 aliphatic rings. The molecule has 0 radical (unpaired) electrons. The molecule has 1 aromatic heterocycles. The summed E-state index contributed by atoms with van der Waals surface area (Å²) in [5, 5.41) is 0. The van der Waals surface area contributed by atoms with Crippen LogP contribution in [0.4, 0.5) is 0 Å². The van der Waals surface area contributed by atoms with Gasteiger partial charge in [-0.15, -0.1) is 11.3 Å². The molecular formula is C13H18N2O3S. The molecule has 0 aliphatic carbocycles. The first-order valence-corrected chi connectivity index (χ1v) is 7.40. The third-order valence-electron chi connectivity index (χ3n) is 4.08. The van der Waals surface area contributed by atoms with Crippen LogP contribution < -0.4 is 0 Å². The zero-order valence-corrected chi connectivity index (χ0v) is 12.0. The van der Waals surface area contributed by atoms with Crippen molar-refractivity contribution in [2.24, 2.45) is 0 Å². The van der Waals surface area contributed by atoms with Crippen molar-refractivity contribution in [1.29, 1.82) is 0 Å². The van der Waals surface area contributed by atoms with Crippen molar-refractivity contribution in [2.75, 3.05) is 26.8 Å². The summed E-state index contributed by atoms with van der Waals surface area (Å²) in [6.45, 7) is 3.87. The van der Waals surface area contributed by atoms with Crippen molar-refractivity contribution >= 4 is 17.2 Å². The van der Waals surface area contributed by atoms with Crippen LogP contribution in [-0.4, -0.2) is 54.3 Å². The van der Waals surface area contributed by atoms with E-state index >= 15 is 0 Å². The lowest BCUT2D eigenvalue weighted by Crippen LogP contribution is -2.42. The van der Waals surface area contributed by atoms with Crippen LogP contribution in [0.5, 0.6) is 0 Å². The van der Waals surface area contributed by atoms with Crippen molar-refractivity contribution in [3.63, 3.8) is 0 Å². The summed E-state index contributed by atoms with van der Waals surface area (Å²) >= 11 is 1.40. The summed E-state index contributed by atoms with van der Waals surface area (Å²) in [6, 6.07) is 0. The fourth-order valence-electron chi connectivity index (χ4n) is 3.05. The summed E-state index contributed by atoms with van der Waals surface area (Å²) in [4.78, 5) is 19.2. The second kappa shape index (κ2) is 4.85. The van der Waals surface area contributed by atoms with Gasteiger partial charge >= 0.3 is 0 Å². The van der Waals surface area contributed by atoms with Gasteiger partial charge in [0.2, 0.25) is 0 Å². The number of thiazole rings is 1. The molecule has 1 spiro atoms. The number of aryl methyl sites for hydroxylation is 1. The minimum atomic E-state index is -0.289. The lowest BCUT2D eigenvalue weighted by molar-refractivity contribution is -0.0754. The fourth-order valence-corrected chi connectivity index (χ4v) is 3.82. The van der Waals surface area contributed by atoms with Gasteiger partial charge in [0.15, 0.2) is 0 Å². The van der Waals surface area contributed by atoms with E-state index in [0.717, 1.165) is 30.0 Å². The summed E-state index contributed by atoms with van der Waals surface area (Å²) in [7, 11) is 1.69. The van der Waals surface area contributed by atoms with Crippen LogP contribution in [0.1, 0.15) is 28.2 Å². The Morgan fingerprint density at radius 2 is 2.53 bits per heavy atom. The van der Waals surface area contributed by atoms with Crippen molar-refractivity contribution in [1.82, 2.24) is 9.88 Å². The van der Waals surface area contributed by atoms with Gasteiger partial charge in [0, 0.05) is 13.7 Å². The van der Waals surface area contributed by atoms with Gasteiger partial charge in [-0.1, -0.05) is 0 Å². The number of likely N-dealkylation sites (tertiary alicyclic amines) is 1. The molecule has 1 amide bonds. The van der Waals surface area contributed by atoms with Crippen molar-refractivity contribution in [3.8, 4) is 0 Å². The zero-order valence-electron chi connectivity index (χ0n) is 11.2. The molecule has 0 bridgehead atoms. The highest BCUT2D eigenvalue weighted by Crippen LogP contribution is 2.37. The van der Waals surface area contributed by atoms with Crippen LogP contribution in [0, 0.1) is 6.92 Å². The number of hydrogen-bond donors (Lipinski definition) is 0. The Bertz CT molecular complexity index is 482. The molecule has 0 saturated carbocycles. The van der Waals surface area contributed by atoms with Gasteiger partial charge in [0.05, 0.1) is 24.3 Å². The molecule has 2 aliphatic heterocycles. The average molecular weight is 282 g/mol. The first kappa shape index (κ1) is 13.0.